The van der Waals surface area contributed by atoms with Gasteiger partial charge in [-0.15, -0.1) is 11.3 Å². The molecule has 0 saturated carbocycles. The summed E-state index contributed by atoms with van der Waals surface area (Å²) in [5.41, 5.74) is 1.31. The number of piperidine rings is 1. The van der Waals surface area contributed by atoms with Gasteiger partial charge in [-0.3, -0.25) is 0 Å². The normalized spacial score (nSPS) is 22.6. The number of aryl methyl sites for hydroxylation is 1. The fraction of sp³-hybridized carbons (Fsp3) is 0.636. The zero-order valence-electron chi connectivity index (χ0n) is 8.69. The first-order valence-corrected chi connectivity index (χ1v) is 6.35. The van der Waals surface area contributed by atoms with E-state index in [1.165, 1.54) is 34.7 Å². The molecule has 1 unspecified atom stereocenters. The van der Waals surface area contributed by atoms with Crippen molar-refractivity contribution in [3.05, 3.63) is 20.3 Å². The van der Waals surface area contributed by atoms with E-state index < -0.39 is 0 Å². The van der Waals surface area contributed by atoms with Gasteiger partial charge in [-0.05, 0) is 38.8 Å². The van der Waals surface area contributed by atoms with Crippen LogP contribution in [0, 0.1) is 13.8 Å². The number of rotatable bonds is 1. The molecule has 1 aromatic heterocycles. The first kappa shape index (κ1) is 10.5. The molecule has 2 rings (SSSR count). The molecule has 0 radical (unpaired) electrons. The molecule has 1 aliphatic rings. The number of nitrogens with one attached hydrogen (secondary N) is 1. The van der Waals surface area contributed by atoms with Crippen molar-refractivity contribution >= 4 is 22.9 Å². The average Bonchev–Trinajstić information content (AvgIpc) is 2.47. The van der Waals surface area contributed by atoms with Crippen molar-refractivity contribution in [2.24, 2.45) is 0 Å². The van der Waals surface area contributed by atoms with E-state index in [1.807, 2.05) is 11.3 Å². The van der Waals surface area contributed by atoms with Crippen molar-refractivity contribution in [3.63, 3.8) is 0 Å². The highest BCUT2D eigenvalue weighted by Gasteiger charge is 2.21. The van der Waals surface area contributed by atoms with Gasteiger partial charge in [-0.25, -0.2) is 0 Å². The molecule has 14 heavy (non-hydrogen) atoms. The first-order valence-electron chi connectivity index (χ1n) is 5.16. The Morgan fingerprint density at radius 3 is 2.71 bits per heavy atom. The lowest BCUT2D eigenvalue weighted by atomic mass is 9.96. The van der Waals surface area contributed by atoms with Crippen LogP contribution in [0.5, 0.6) is 0 Å². The standard InChI is InChI=1S/C11H16ClNS/c1-7-10(12)8(2)14-11(7)9-4-3-5-13-6-9/h9,13H,3-6H2,1-2H3. The summed E-state index contributed by atoms with van der Waals surface area (Å²) in [6.45, 7) is 6.56. The molecular formula is C11H16ClNS. The quantitative estimate of drug-likeness (QED) is 0.778. The van der Waals surface area contributed by atoms with Crippen molar-refractivity contribution in [2.45, 2.75) is 32.6 Å². The van der Waals surface area contributed by atoms with Gasteiger partial charge >= 0.3 is 0 Å². The maximum absolute atomic E-state index is 6.21. The van der Waals surface area contributed by atoms with E-state index in [0.29, 0.717) is 5.92 Å². The Kier molecular flexibility index (Phi) is 3.15. The highest BCUT2D eigenvalue weighted by molar-refractivity contribution is 7.12. The van der Waals surface area contributed by atoms with Gasteiger partial charge in [-0.2, -0.15) is 0 Å². The SMILES string of the molecule is Cc1sc(C2CCCNC2)c(C)c1Cl. The Labute approximate surface area is 94.5 Å². The van der Waals surface area contributed by atoms with Crippen molar-refractivity contribution in [1.29, 1.82) is 0 Å². The van der Waals surface area contributed by atoms with Crippen LogP contribution in [0.1, 0.15) is 34.1 Å². The molecule has 0 aromatic carbocycles. The fourth-order valence-electron chi connectivity index (χ4n) is 2.12. The van der Waals surface area contributed by atoms with Crippen LogP contribution in [0.25, 0.3) is 0 Å². The monoisotopic (exact) mass is 229 g/mol. The summed E-state index contributed by atoms with van der Waals surface area (Å²) in [6, 6.07) is 0. The minimum atomic E-state index is 0.694. The van der Waals surface area contributed by atoms with Crippen molar-refractivity contribution < 1.29 is 0 Å². The van der Waals surface area contributed by atoms with Crippen LogP contribution >= 0.6 is 22.9 Å². The maximum Gasteiger partial charge on any atom is 0.0574 e. The molecule has 1 atom stereocenters. The molecule has 0 aliphatic carbocycles. The molecule has 2 heterocycles. The van der Waals surface area contributed by atoms with E-state index in [-0.39, 0.29) is 0 Å². The highest BCUT2D eigenvalue weighted by Crippen LogP contribution is 2.38. The lowest BCUT2D eigenvalue weighted by molar-refractivity contribution is 0.465. The number of thiophene rings is 1. The summed E-state index contributed by atoms with van der Waals surface area (Å²) in [5, 5.41) is 4.43. The minimum Gasteiger partial charge on any atom is -0.316 e. The van der Waals surface area contributed by atoms with Crippen LogP contribution in [-0.2, 0) is 0 Å². The van der Waals surface area contributed by atoms with E-state index in [1.54, 1.807) is 0 Å². The molecule has 1 saturated heterocycles. The van der Waals surface area contributed by atoms with E-state index in [2.05, 4.69) is 19.2 Å². The Morgan fingerprint density at radius 2 is 2.21 bits per heavy atom. The summed E-state index contributed by atoms with van der Waals surface area (Å²) in [7, 11) is 0. The highest BCUT2D eigenvalue weighted by atomic mass is 35.5. The largest absolute Gasteiger partial charge is 0.316 e. The maximum atomic E-state index is 6.21. The van der Waals surface area contributed by atoms with Gasteiger partial charge < -0.3 is 5.32 Å². The van der Waals surface area contributed by atoms with E-state index >= 15 is 0 Å². The second-order valence-electron chi connectivity index (χ2n) is 4.00. The van der Waals surface area contributed by atoms with Gasteiger partial charge in [0.2, 0.25) is 0 Å². The topological polar surface area (TPSA) is 12.0 Å². The average molecular weight is 230 g/mol. The fourth-order valence-corrected chi connectivity index (χ4v) is 3.59. The summed E-state index contributed by atoms with van der Waals surface area (Å²) >= 11 is 8.08. The summed E-state index contributed by atoms with van der Waals surface area (Å²) in [6.07, 6.45) is 2.60. The minimum absolute atomic E-state index is 0.694. The third-order valence-corrected chi connectivity index (χ3v) is 4.99. The summed E-state index contributed by atoms with van der Waals surface area (Å²) in [4.78, 5) is 2.77. The van der Waals surface area contributed by atoms with E-state index in [4.69, 9.17) is 11.6 Å². The molecule has 3 heteroatoms. The lowest BCUT2D eigenvalue weighted by Gasteiger charge is -2.22. The van der Waals surface area contributed by atoms with Crippen molar-refractivity contribution in [1.82, 2.24) is 5.32 Å². The van der Waals surface area contributed by atoms with Gasteiger partial charge in [0.15, 0.2) is 0 Å². The van der Waals surface area contributed by atoms with Crippen LogP contribution in [0.2, 0.25) is 5.02 Å². The van der Waals surface area contributed by atoms with Crippen molar-refractivity contribution in [2.75, 3.05) is 13.1 Å². The summed E-state index contributed by atoms with van der Waals surface area (Å²) in [5.74, 6) is 0.694. The second kappa shape index (κ2) is 4.21. The van der Waals surface area contributed by atoms with Gasteiger partial charge in [-0.1, -0.05) is 11.6 Å². The van der Waals surface area contributed by atoms with Crippen LogP contribution in [0.3, 0.4) is 0 Å². The molecule has 0 bridgehead atoms. The smallest absolute Gasteiger partial charge is 0.0574 e. The second-order valence-corrected chi connectivity index (χ2v) is 5.64. The Morgan fingerprint density at radius 1 is 1.43 bits per heavy atom. The van der Waals surface area contributed by atoms with Gasteiger partial charge in [0.25, 0.3) is 0 Å². The molecular weight excluding hydrogens is 214 g/mol. The Bertz CT molecular complexity index is 326. The zero-order valence-corrected chi connectivity index (χ0v) is 10.3. The Hall–Kier alpha value is -0.0500. The van der Waals surface area contributed by atoms with Gasteiger partial charge in [0, 0.05) is 22.2 Å². The third kappa shape index (κ3) is 1.83. The molecule has 1 nitrogen and oxygen atoms in total. The van der Waals surface area contributed by atoms with Gasteiger partial charge in [0.1, 0.15) is 0 Å². The van der Waals surface area contributed by atoms with Crippen LogP contribution in [-0.4, -0.2) is 13.1 Å². The zero-order chi connectivity index (χ0) is 10.1. The van der Waals surface area contributed by atoms with E-state index in [0.717, 1.165) is 11.6 Å². The van der Waals surface area contributed by atoms with Crippen LogP contribution in [0.4, 0.5) is 0 Å². The number of hydrogen-bond donors (Lipinski definition) is 1. The third-order valence-electron chi connectivity index (χ3n) is 2.94. The molecule has 1 N–H and O–H groups in total. The predicted octanol–water partition coefficient (Wildman–Crippen LogP) is 3.49. The van der Waals surface area contributed by atoms with Gasteiger partial charge in [0.05, 0.1) is 5.02 Å². The summed E-state index contributed by atoms with van der Waals surface area (Å²) < 4.78 is 0. The van der Waals surface area contributed by atoms with E-state index in [9.17, 15) is 0 Å². The molecule has 0 amide bonds. The van der Waals surface area contributed by atoms with Crippen molar-refractivity contribution in [3.8, 4) is 0 Å². The molecule has 78 valence electrons. The molecule has 1 aromatic rings. The number of hydrogen-bond acceptors (Lipinski definition) is 2. The Balaban J connectivity index is 2.26. The molecule has 1 fully saturated rings. The first-order chi connectivity index (χ1) is 6.70. The predicted molar refractivity (Wildman–Crippen MR) is 63.6 cm³/mol. The van der Waals surface area contributed by atoms with Crippen LogP contribution < -0.4 is 5.32 Å². The lowest BCUT2D eigenvalue weighted by Crippen LogP contribution is -2.28. The number of halogens is 1. The van der Waals surface area contributed by atoms with Crippen LogP contribution in [0.15, 0.2) is 0 Å². The molecule has 1 aliphatic heterocycles. The molecule has 0 spiro atoms.